The number of piperidine rings is 1. The normalized spacial score (nSPS) is 16.3. The molecule has 6 heteroatoms. The topological polar surface area (TPSA) is 46.4 Å². The van der Waals surface area contributed by atoms with E-state index in [0.29, 0.717) is 17.3 Å². The number of nitrogens with one attached hydrogen (secondary N) is 2. The van der Waals surface area contributed by atoms with Crippen molar-refractivity contribution < 1.29 is 9.69 Å². The van der Waals surface area contributed by atoms with Gasteiger partial charge in [0.15, 0.2) is 0 Å². The van der Waals surface area contributed by atoms with Crippen LogP contribution in [0.1, 0.15) is 29.6 Å². The molecule has 19 heavy (non-hydrogen) atoms. The maximum Gasteiger partial charge on any atom is 0.254 e. The summed E-state index contributed by atoms with van der Waals surface area (Å²) in [5.74, 6) is -0.189. The molecule has 4 nitrogen and oxygen atoms in total. The SMILES string of the molecule is O=C(NCC[NH+]1CCCCC1)c1ccc(Cl)nc1Cl. The summed E-state index contributed by atoms with van der Waals surface area (Å²) in [4.78, 5) is 17.3. The van der Waals surface area contributed by atoms with Gasteiger partial charge in [0.1, 0.15) is 10.3 Å². The van der Waals surface area contributed by atoms with Crippen molar-refractivity contribution in [3.8, 4) is 0 Å². The van der Waals surface area contributed by atoms with Crippen LogP contribution in [0.3, 0.4) is 0 Å². The largest absolute Gasteiger partial charge is 0.346 e. The molecule has 1 saturated heterocycles. The highest BCUT2D eigenvalue weighted by molar-refractivity contribution is 6.34. The molecule has 1 aromatic rings. The van der Waals surface area contributed by atoms with Gasteiger partial charge in [-0.05, 0) is 31.4 Å². The number of carbonyl (C=O) groups is 1. The van der Waals surface area contributed by atoms with Crippen LogP contribution < -0.4 is 10.2 Å². The van der Waals surface area contributed by atoms with Crippen molar-refractivity contribution in [1.29, 1.82) is 0 Å². The van der Waals surface area contributed by atoms with Crippen LogP contribution in [0.4, 0.5) is 0 Å². The molecule has 0 unspecified atom stereocenters. The Balaban J connectivity index is 1.80. The van der Waals surface area contributed by atoms with Crippen LogP contribution in [-0.2, 0) is 0 Å². The van der Waals surface area contributed by atoms with Crippen LogP contribution in [0, 0.1) is 0 Å². The van der Waals surface area contributed by atoms with E-state index in [1.807, 2.05) is 0 Å². The first kappa shape index (κ1) is 14.6. The molecule has 104 valence electrons. The van der Waals surface area contributed by atoms with Crippen molar-refractivity contribution >= 4 is 29.1 Å². The fourth-order valence-electron chi connectivity index (χ4n) is 2.33. The minimum atomic E-state index is -0.189. The zero-order valence-corrected chi connectivity index (χ0v) is 12.2. The van der Waals surface area contributed by atoms with Gasteiger partial charge in [0.2, 0.25) is 0 Å². The van der Waals surface area contributed by atoms with Gasteiger partial charge in [0.25, 0.3) is 5.91 Å². The average Bonchev–Trinajstić information content (AvgIpc) is 2.39. The van der Waals surface area contributed by atoms with E-state index in [2.05, 4.69) is 10.3 Å². The van der Waals surface area contributed by atoms with E-state index < -0.39 is 0 Å². The maximum atomic E-state index is 11.9. The Morgan fingerprint density at radius 2 is 2.00 bits per heavy atom. The average molecular weight is 303 g/mol. The molecule has 1 aliphatic rings. The predicted molar refractivity (Wildman–Crippen MR) is 76.0 cm³/mol. The van der Waals surface area contributed by atoms with Gasteiger partial charge in [-0.1, -0.05) is 23.2 Å². The third-order valence-electron chi connectivity index (χ3n) is 3.38. The van der Waals surface area contributed by atoms with E-state index >= 15 is 0 Å². The Morgan fingerprint density at radius 1 is 1.26 bits per heavy atom. The van der Waals surface area contributed by atoms with Crippen molar-refractivity contribution in [2.45, 2.75) is 19.3 Å². The number of rotatable bonds is 4. The van der Waals surface area contributed by atoms with Gasteiger partial charge < -0.3 is 10.2 Å². The highest BCUT2D eigenvalue weighted by Crippen LogP contribution is 2.16. The van der Waals surface area contributed by atoms with Gasteiger partial charge >= 0.3 is 0 Å². The van der Waals surface area contributed by atoms with E-state index in [9.17, 15) is 4.79 Å². The van der Waals surface area contributed by atoms with Gasteiger partial charge in [-0.25, -0.2) is 4.98 Å². The number of pyridine rings is 1. The summed E-state index contributed by atoms with van der Waals surface area (Å²) >= 11 is 11.6. The van der Waals surface area contributed by atoms with Gasteiger partial charge in [0, 0.05) is 0 Å². The lowest BCUT2D eigenvalue weighted by molar-refractivity contribution is -0.903. The first-order chi connectivity index (χ1) is 9.16. The lowest BCUT2D eigenvalue weighted by atomic mass is 10.1. The summed E-state index contributed by atoms with van der Waals surface area (Å²) in [5, 5.41) is 3.32. The van der Waals surface area contributed by atoms with Crippen LogP contribution in [0.15, 0.2) is 12.1 Å². The molecule has 0 saturated carbocycles. The highest BCUT2D eigenvalue weighted by atomic mass is 35.5. The van der Waals surface area contributed by atoms with Crippen molar-refractivity contribution in [3.63, 3.8) is 0 Å². The number of quaternary nitrogens is 1. The second kappa shape index (κ2) is 7.08. The molecular weight excluding hydrogens is 285 g/mol. The lowest BCUT2D eigenvalue weighted by Crippen LogP contribution is -3.13. The molecule has 0 bridgehead atoms. The van der Waals surface area contributed by atoms with E-state index in [1.165, 1.54) is 32.4 Å². The summed E-state index contributed by atoms with van der Waals surface area (Å²) in [7, 11) is 0. The minimum Gasteiger partial charge on any atom is -0.346 e. The van der Waals surface area contributed by atoms with E-state index in [0.717, 1.165) is 6.54 Å². The molecule has 0 spiro atoms. The second-order valence-corrected chi connectivity index (χ2v) is 5.53. The number of nitrogens with zero attached hydrogens (tertiary/aromatic N) is 1. The van der Waals surface area contributed by atoms with Crippen molar-refractivity contribution in [2.75, 3.05) is 26.2 Å². The van der Waals surface area contributed by atoms with Crippen LogP contribution in [0.5, 0.6) is 0 Å². The Hall–Kier alpha value is -0.840. The summed E-state index contributed by atoms with van der Waals surface area (Å²) in [6.07, 6.45) is 3.91. The third-order valence-corrected chi connectivity index (χ3v) is 3.88. The molecule has 1 amide bonds. The standard InChI is InChI=1S/C13H17Cl2N3O/c14-11-5-4-10(12(15)17-11)13(19)16-6-9-18-7-2-1-3-8-18/h4-5H,1-3,6-9H2,(H,16,19)/p+1. The smallest absolute Gasteiger partial charge is 0.254 e. The molecule has 2 rings (SSSR count). The first-order valence-electron chi connectivity index (χ1n) is 6.60. The molecule has 0 atom stereocenters. The minimum absolute atomic E-state index is 0.148. The number of aromatic nitrogens is 1. The maximum absolute atomic E-state index is 11.9. The molecular formula is C13H18Cl2N3O+. The van der Waals surface area contributed by atoms with Crippen LogP contribution in [0.2, 0.25) is 10.3 Å². The highest BCUT2D eigenvalue weighted by Gasteiger charge is 2.15. The summed E-state index contributed by atoms with van der Waals surface area (Å²) in [6.45, 7) is 4.04. The molecule has 1 fully saturated rings. The fraction of sp³-hybridized carbons (Fsp3) is 0.538. The number of carbonyl (C=O) groups excluding carboxylic acids is 1. The lowest BCUT2D eigenvalue weighted by Gasteiger charge is -2.23. The van der Waals surface area contributed by atoms with Crippen LogP contribution in [-0.4, -0.2) is 37.1 Å². The first-order valence-corrected chi connectivity index (χ1v) is 7.36. The molecule has 0 aromatic carbocycles. The Morgan fingerprint density at radius 3 is 2.68 bits per heavy atom. The quantitative estimate of drug-likeness (QED) is 0.821. The third kappa shape index (κ3) is 4.34. The number of hydrogen-bond donors (Lipinski definition) is 2. The Labute approximate surface area is 123 Å². The molecule has 0 aliphatic carbocycles. The fourth-order valence-corrected chi connectivity index (χ4v) is 2.76. The molecule has 1 aliphatic heterocycles. The number of hydrogen-bond acceptors (Lipinski definition) is 2. The van der Waals surface area contributed by atoms with Gasteiger partial charge in [-0.15, -0.1) is 0 Å². The van der Waals surface area contributed by atoms with Crippen LogP contribution >= 0.6 is 23.2 Å². The van der Waals surface area contributed by atoms with Crippen molar-refractivity contribution in [1.82, 2.24) is 10.3 Å². The molecule has 2 N–H and O–H groups in total. The second-order valence-electron chi connectivity index (χ2n) is 4.79. The van der Waals surface area contributed by atoms with Gasteiger partial charge in [-0.2, -0.15) is 0 Å². The summed E-state index contributed by atoms with van der Waals surface area (Å²) < 4.78 is 0. The number of likely N-dealkylation sites (tertiary alicyclic amines) is 1. The Kier molecular flexibility index (Phi) is 5.43. The number of halogens is 2. The molecule has 1 aromatic heterocycles. The van der Waals surface area contributed by atoms with E-state index in [1.54, 1.807) is 17.0 Å². The zero-order valence-electron chi connectivity index (χ0n) is 10.7. The van der Waals surface area contributed by atoms with Crippen molar-refractivity contribution in [3.05, 3.63) is 28.0 Å². The van der Waals surface area contributed by atoms with Gasteiger partial charge in [0.05, 0.1) is 31.7 Å². The molecule has 0 radical (unpaired) electrons. The predicted octanol–water partition coefficient (Wildman–Crippen LogP) is 1.19. The zero-order chi connectivity index (χ0) is 13.7. The Bertz CT molecular complexity index is 448. The van der Waals surface area contributed by atoms with Crippen molar-refractivity contribution in [2.24, 2.45) is 0 Å². The van der Waals surface area contributed by atoms with Gasteiger partial charge in [-0.3, -0.25) is 4.79 Å². The molecule has 2 heterocycles. The summed E-state index contributed by atoms with van der Waals surface area (Å²) in [6, 6.07) is 3.17. The van der Waals surface area contributed by atoms with E-state index in [4.69, 9.17) is 23.2 Å². The number of amides is 1. The summed E-state index contributed by atoms with van der Waals surface area (Å²) in [5.41, 5.74) is 0.375. The monoisotopic (exact) mass is 302 g/mol. The van der Waals surface area contributed by atoms with E-state index in [-0.39, 0.29) is 11.1 Å². The van der Waals surface area contributed by atoms with Crippen LogP contribution in [0.25, 0.3) is 0 Å².